The van der Waals surface area contributed by atoms with Gasteiger partial charge in [-0.1, -0.05) is 13.8 Å². The molecule has 1 unspecified atom stereocenters. The Kier molecular flexibility index (Phi) is 7.50. The van der Waals surface area contributed by atoms with Crippen molar-refractivity contribution in [3.63, 3.8) is 0 Å². The Hall–Kier alpha value is -1.85. The molecule has 0 saturated heterocycles. The Labute approximate surface area is 126 Å². The lowest BCUT2D eigenvalue weighted by Gasteiger charge is -2.20. The van der Waals surface area contributed by atoms with Crippen molar-refractivity contribution in [3.05, 3.63) is 12.4 Å². The largest absolute Gasteiger partial charge is 0.481 e. The van der Waals surface area contributed by atoms with Gasteiger partial charge >= 0.3 is 5.97 Å². The van der Waals surface area contributed by atoms with E-state index in [4.69, 9.17) is 9.84 Å². The van der Waals surface area contributed by atoms with Crippen LogP contribution in [0.3, 0.4) is 0 Å². The van der Waals surface area contributed by atoms with E-state index in [2.05, 4.69) is 29.1 Å². The first-order valence-corrected chi connectivity index (χ1v) is 7.43. The van der Waals surface area contributed by atoms with Crippen molar-refractivity contribution in [1.82, 2.24) is 9.97 Å². The zero-order chi connectivity index (χ0) is 15.7. The van der Waals surface area contributed by atoms with E-state index in [9.17, 15) is 4.79 Å². The van der Waals surface area contributed by atoms with Crippen LogP contribution in [0.2, 0.25) is 0 Å². The van der Waals surface area contributed by atoms with Gasteiger partial charge in [-0.05, 0) is 31.6 Å². The molecular formula is C15H25N3O3. The van der Waals surface area contributed by atoms with Gasteiger partial charge in [0.1, 0.15) is 12.1 Å². The molecule has 0 spiro atoms. The quantitative estimate of drug-likeness (QED) is 0.690. The summed E-state index contributed by atoms with van der Waals surface area (Å²) in [7, 11) is 0. The van der Waals surface area contributed by atoms with Crippen LogP contribution in [0.25, 0.3) is 0 Å². The molecule has 0 aromatic carbocycles. The molecule has 1 heterocycles. The molecule has 1 aromatic rings. The van der Waals surface area contributed by atoms with E-state index in [1.165, 1.54) is 6.33 Å². The van der Waals surface area contributed by atoms with Crippen molar-refractivity contribution in [2.24, 2.45) is 11.8 Å². The Morgan fingerprint density at radius 2 is 2.14 bits per heavy atom. The van der Waals surface area contributed by atoms with Crippen LogP contribution in [-0.4, -0.2) is 34.2 Å². The number of nitrogens with one attached hydrogen (secondary N) is 1. The third-order valence-corrected chi connectivity index (χ3v) is 3.43. The lowest BCUT2D eigenvalue weighted by Crippen LogP contribution is -2.16. The molecule has 2 N–H and O–H groups in total. The monoisotopic (exact) mass is 295 g/mol. The zero-order valence-corrected chi connectivity index (χ0v) is 13.0. The topological polar surface area (TPSA) is 84.3 Å². The number of ether oxygens (including phenoxy) is 1. The Morgan fingerprint density at radius 1 is 1.38 bits per heavy atom. The van der Waals surface area contributed by atoms with E-state index in [0.29, 0.717) is 30.7 Å². The van der Waals surface area contributed by atoms with Crippen LogP contribution in [-0.2, 0) is 4.79 Å². The molecule has 1 rings (SSSR count). The average Bonchev–Trinajstić information content (AvgIpc) is 2.42. The van der Waals surface area contributed by atoms with Gasteiger partial charge < -0.3 is 15.2 Å². The summed E-state index contributed by atoms with van der Waals surface area (Å²) in [5.74, 6) is 1.42. The third-order valence-electron chi connectivity index (χ3n) is 3.43. The maximum Gasteiger partial charge on any atom is 0.303 e. The number of hydrogen-bond acceptors (Lipinski definition) is 5. The Bertz CT molecular complexity index is 438. The van der Waals surface area contributed by atoms with Gasteiger partial charge in [0.05, 0.1) is 6.61 Å². The van der Waals surface area contributed by atoms with Gasteiger partial charge in [0, 0.05) is 19.0 Å². The molecule has 1 aromatic heterocycles. The molecule has 6 heteroatoms. The number of aliphatic carboxylic acids is 1. The van der Waals surface area contributed by atoms with E-state index < -0.39 is 5.97 Å². The fourth-order valence-electron chi connectivity index (χ4n) is 2.17. The lowest BCUT2D eigenvalue weighted by atomic mass is 9.88. The van der Waals surface area contributed by atoms with E-state index >= 15 is 0 Å². The zero-order valence-electron chi connectivity index (χ0n) is 13.0. The molecule has 0 bridgehead atoms. The van der Waals surface area contributed by atoms with Gasteiger partial charge in [-0.2, -0.15) is 0 Å². The molecule has 0 radical (unpaired) electrons. The summed E-state index contributed by atoms with van der Waals surface area (Å²) < 4.78 is 5.32. The molecule has 0 aliphatic rings. The fraction of sp³-hybridized carbons (Fsp3) is 0.667. The van der Waals surface area contributed by atoms with E-state index in [-0.39, 0.29) is 6.42 Å². The molecule has 1 atom stereocenters. The molecule has 0 amide bonds. The third kappa shape index (κ3) is 6.92. The smallest absolute Gasteiger partial charge is 0.303 e. The highest BCUT2D eigenvalue weighted by molar-refractivity contribution is 5.66. The molecule has 6 nitrogen and oxygen atoms in total. The molecular weight excluding hydrogens is 270 g/mol. The van der Waals surface area contributed by atoms with Gasteiger partial charge in [0.2, 0.25) is 5.88 Å². The number of carboxylic acids is 1. The second-order valence-corrected chi connectivity index (χ2v) is 5.33. The van der Waals surface area contributed by atoms with Crippen LogP contribution in [0, 0.1) is 11.8 Å². The highest BCUT2D eigenvalue weighted by atomic mass is 16.5. The molecule has 0 aliphatic heterocycles. The Morgan fingerprint density at radius 3 is 2.76 bits per heavy atom. The minimum Gasteiger partial charge on any atom is -0.481 e. The van der Waals surface area contributed by atoms with Gasteiger partial charge in [-0.3, -0.25) is 4.79 Å². The molecule has 118 valence electrons. The molecule has 0 saturated carbocycles. The lowest BCUT2D eigenvalue weighted by molar-refractivity contribution is -0.137. The summed E-state index contributed by atoms with van der Waals surface area (Å²) in [5.41, 5.74) is 0. The van der Waals surface area contributed by atoms with Crippen molar-refractivity contribution >= 4 is 11.8 Å². The second kappa shape index (κ2) is 9.15. The Balaban J connectivity index is 2.42. The van der Waals surface area contributed by atoms with Crippen molar-refractivity contribution < 1.29 is 14.6 Å². The van der Waals surface area contributed by atoms with Crippen LogP contribution in [0.4, 0.5) is 5.82 Å². The average molecular weight is 295 g/mol. The molecule has 0 aliphatic carbocycles. The van der Waals surface area contributed by atoms with Gasteiger partial charge in [0.15, 0.2) is 0 Å². The summed E-state index contributed by atoms with van der Waals surface area (Å²) >= 11 is 0. The van der Waals surface area contributed by atoms with Crippen LogP contribution >= 0.6 is 0 Å². The summed E-state index contributed by atoms with van der Waals surface area (Å²) in [6, 6.07) is 1.77. The van der Waals surface area contributed by atoms with Crippen molar-refractivity contribution in [1.29, 1.82) is 0 Å². The second-order valence-electron chi connectivity index (χ2n) is 5.33. The number of rotatable bonds is 10. The number of aromatic nitrogens is 2. The summed E-state index contributed by atoms with van der Waals surface area (Å²) in [5, 5.41) is 12.0. The van der Waals surface area contributed by atoms with Crippen molar-refractivity contribution in [3.8, 4) is 5.88 Å². The van der Waals surface area contributed by atoms with E-state index in [0.717, 1.165) is 18.8 Å². The standard InChI is InChI=1S/C15H25N3O3/c1-4-21-14-9-13(17-10-18-14)16-8-7-12(11(2)3)5-6-15(19)20/h9-12H,4-8H2,1-3H3,(H,19,20)(H,16,17,18). The molecule has 0 fully saturated rings. The first kappa shape index (κ1) is 17.2. The summed E-state index contributed by atoms with van der Waals surface area (Å²) in [4.78, 5) is 18.8. The summed E-state index contributed by atoms with van der Waals surface area (Å²) in [6.07, 6.45) is 3.32. The number of anilines is 1. The number of hydrogen-bond donors (Lipinski definition) is 2. The maximum atomic E-state index is 10.7. The highest BCUT2D eigenvalue weighted by Crippen LogP contribution is 2.21. The minimum absolute atomic E-state index is 0.227. The van der Waals surface area contributed by atoms with Gasteiger partial charge in [-0.15, -0.1) is 0 Å². The predicted octanol–water partition coefficient (Wildman–Crippen LogP) is 2.81. The first-order chi connectivity index (χ1) is 10.0. The van der Waals surface area contributed by atoms with Gasteiger partial charge in [0.25, 0.3) is 0 Å². The minimum atomic E-state index is -0.731. The summed E-state index contributed by atoms with van der Waals surface area (Å²) in [6.45, 7) is 7.49. The maximum absolute atomic E-state index is 10.7. The van der Waals surface area contributed by atoms with E-state index in [1.807, 2.05) is 6.92 Å². The van der Waals surface area contributed by atoms with Crippen LogP contribution in [0.5, 0.6) is 5.88 Å². The van der Waals surface area contributed by atoms with Crippen molar-refractivity contribution in [2.75, 3.05) is 18.5 Å². The molecule has 21 heavy (non-hydrogen) atoms. The number of nitrogens with zero attached hydrogens (tertiary/aromatic N) is 2. The van der Waals surface area contributed by atoms with Gasteiger partial charge in [-0.25, -0.2) is 9.97 Å². The first-order valence-electron chi connectivity index (χ1n) is 7.43. The van der Waals surface area contributed by atoms with Crippen LogP contribution in [0.1, 0.15) is 40.0 Å². The van der Waals surface area contributed by atoms with Crippen molar-refractivity contribution in [2.45, 2.75) is 40.0 Å². The number of carboxylic acid groups (broad SMARTS) is 1. The van der Waals surface area contributed by atoms with Crippen LogP contribution in [0.15, 0.2) is 12.4 Å². The number of carbonyl (C=O) groups is 1. The van der Waals surface area contributed by atoms with Crippen LogP contribution < -0.4 is 10.1 Å². The SMILES string of the molecule is CCOc1cc(NCCC(CCC(=O)O)C(C)C)ncn1. The van der Waals surface area contributed by atoms with E-state index in [1.54, 1.807) is 6.07 Å². The normalized spacial score (nSPS) is 12.2. The predicted molar refractivity (Wildman–Crippen MR) is 81.5 cm³/mol. The fourth-order valence-corrected chi connectivity index (χ4v) is 2.17. The highest BCUT2D eigenvalue weighted by Gasteiger charge is 2.14.